The molecule has 2 atom stereocenters. The summed E-state index contributed by atoms with van der Waals surface area (Å²) in [5.74, 6) is -2.70. The van der Waals surface area contributed by atoms with Crippen LogP contribution in [0.25, 0.3) is 0 Å². The van der Waals surface area contributed by atoms with Gasteiger partial charge in [0.1, 0.15) is 17.4 Å². The zero-order valence-corrected chi connectivity index (χ0v) is 20.1. The van der Waals surface area contributed by atoms with Crippen LogP contribution in [-0.4, -0.2) is 52.0 Å². The first-order valence-corrected chi connectivity index (χ1v) is 11.0. The molecule has 34 heavy (non-hydrogen) atoms. The third-order valence-electron chi connectivity index (χ3n) is 4.59. The Morgan fingerprint density at radius 1 is 1.21 bits per heavy atom. The number of terminal acetylenes is 1. The summed E-state index contributed by atoms with van der Waals surface area (Å²) in [4.78, 5) is 51.1. The molecule has 0 fully saturated rings. The summed E-state index contributed by atoms with van der Waals surface area (Å²) >= 11 is 0. The van der Waals surface area contributed by atoms with Gasteiger partial charge < -0.3 is 26.2 Å². The van der Waals surface area contributed by atoms with Crippen LogP contribution >= 0.6 is 0 Å². The Balaban J connectivity index is 3.31. The number of carbonyl (C=O) groups is 4. The number of phenolic OH excluding ortho intramolecular Hbond substituents is 1. The number of nitrogens with two attached hydrogens (primary N) is 1. The number of nitrogens with zero attached hydrogens (tertiary/aromatic N) is 1. The number of phenols is 1. The highest BCUT2D eigenvalue weighted by atomic mass is 16.6. The van der Waals surface area contributed by atoms with Gasteiger partial charge in [-0.1, -0.05) is 44.4 Å². The van der Waals surface area contributed by atoms with E-state index >= 15 is 0 Å². The molecule has 0 aliphatic carbocycles. The number of carbonyl (C=O) groups excluding carboxylic acids is 4. The predicted octanol–water partition coefficient (Wildman–Crippen LogP) is 1.93. The van der Waals surface area contributed by atoms with E-state index in [1.54, 1.807) is 32.9 Å². The molecule has 0 heterocycles. The van der Waals surface area contributed by atoms with Crippen LogP contribution in [0.2, 0.25) is 0 Å². The van der Waals surface area contributed by atoms with Gasteiger partial charge in [-0.3, -0.25) is 19.3 Å². The fraction of sp³-hybridized carbons (Fsp3) is 0.500. The lowest BCUT2D eigenvalue weighted by Crippen LogP contribution is -2.52. The molecule has 0 aliphatic heterocycles. The second kappa shape index (κ2) is 13.1. The van der Waals surface area contributed by atoms with Crippen molar-refractivity contribution in [3.8, 4) is 18.2 Å². The highest BCUT2D eigenvalue weighted by molar-refractivity contribution is 5.95. The van der Waals surface area contributed by atoms with E-state index < -0.39 is 47.9 Å². The van der Waals surface area contributed by atoms with Crippen LogP contribution in [0.3, 0.4) is 0 Å². The Labute approximate surface area is 200 Å². The summed E-state index contributed by atoms with van der Waals surface area (Å²) in [6.45, 7) is 7.24. The summed E-state index contributed by atoms with van der Waals surface area (Å²) in [6, 6.07) is 5.17. The van der Waals surface area contributed by atoms with Gasteiger partial charge in [0.15, 0.2) is 6.04 Å². The number of hydrogen-bond acceptors (Lipinski definition) is 6. The molecule has 10 heteroatoms. The molecule has 0 bridgehead atoms. The average molecular weight is 475 g/mol. The fourth-order valence-electron chi connectivity index (χ4n) is 3.08. The first-order chi connectivity index (χ1) is 15.9. The van der Waals surface area contributed by atoms with Gasteiger partial charge in [-0.05, 0) is 33.3 Å². The van der Waals surface area contributed by atoms with Crippen molar-refractivity contribution in [1.29, 1.82) is 0 Å². The zero-order valence-electron chi connectivity index (χ0n) is 20.1. The number of aromatic hydroxyl groups is 1. The number of alkyl carbamates (subject to hydrolysis) is 1. The summed E-state index contributed by atoms with van der Waals surface area (Å²) in [7, 11) is 0. The number of rotatable bonds is 11. The quantitative estimate of drug-likeness (QED) is 0.219. The zero-order chi connectivity index (χ0) is 25.9. The number of amides is 4. The van der Waals surface area contributed by atoms with Crippen molar-refractivity contribution in [3.05, 3.63) is 29.8 Å². The molecule has 0 aliphatic rings. The van der Waals surface area contributed by atoms with Gasteiger partial charge in [0.2, 0.25) is 11.8 Å². The maximum Gasteiger partial charge on any atom is 0.408 e. The van der Waals surface area contributed by atoms with Crippen molar-refractivity contribution >= 4 is 23.8 Å². The van der Waals surface area contributed by atoms with E-state index in [0.717, 1.165) is 17.7 Å². The summed E-state index contributed by atoms with van der Waals surface area (Å²) in [6.07, 6.45) is 6.61. The van der Waals surface area contributed by atoms with E-state index in [1.807, 2.05) is 6.92 Å². The van der Waals surface area contributed by atoms with Crippen molar-refractivity contribution in [3.63, 3.8) is 0 Å². The van der Waals surface area contributed by atoms with E-state index in [-0.39, 0.29) is 11.3 Å². The Kier molecular flexibility index (Phi) is 10.9. The minimum atomic E-state index is -1.50. The highest BCUT2D eigenvalue weighted by Gasteiger charge is 2.37. The standard InChI is InChI=1S/C24H34N4O6/c1-6-8-11-14-26-21(31)20(16-12-9-10-13-18(16)29)28(7-2)22(32)17(15-19(25)30)27-23(33)34-24(3,4)5/h2,9-10,12-13,17,20,29H,6,8,11,14-15H2,1,3-5H3,(H2,25,30)(H,26,31)(H,27,33). The van der Waals surface area contributed by atoms with Gasteiger partial charge in [-0.2, -0.15) is 0 Å². The fourth-order valence-corrected chi connectivity index (χ4v) is 3.08. The van der Waals surface area contributed by atoms with Crippen LogP contribution in [0.4, 0.5) is 4.79 Å². The van der Waals surface area contributed by atoms with E-state index in [9.17, 15) is 24.3 Å². The lowest BCUT2D eigenvalue weighted by molar-refractivity contribution is -0.139. The SMILES string of the molecule is C#CN(C(=O)C(CC(N)=O)NC(=O)OC(C)(C)C)C(C(=O)NCCCCC)c1ccccc1O. The first-order valence-electron chi connectivity index (χ1n) is 11.0. The number of primary amides is 1. The molecule has 0 spiro atoms. The van der Waals surface area contributed by atoms with E-state index in [4.69, 9.17) is 16.9 Å². The van der Waals surface area contributed by atoms with Crippen molar-refractivity contribution in [2.75, 3.05) is 6.54 Å². The molecule has 0 radical (unpaired) electrons. The lowest BCUT2D eigenvalue weighted by atomic mass is 10.0. The Morgan fingerprint density at radius 2 is 1.85 bits per heavy atom. The van der Waals surface area contributed by atoms with Crippen LogP contribution in [0.15, 0.2) is 24.3 Å². The van der Waals surface area contributed by atoms with Crippen LogP contribution in [0.5, 0.6) is 5.75 Å². The smallest absolute Gasteiger partial charge is 0.408 e. The van der Waals surface area contributed by atoms with Gasteiger partial charge in [0.05, 0.1) is 6.42 Å². The number of benzene rings is 1. The van der Waals surface area contributed by atoms with E-state index in [1.165, 1.54) is 12.1 Å². The minimum absolute atomic E-state index is 0.0804. The predicted molar refractivity (Wildman–Crippen MR) is 126 cm³/mol. The molecule has 4 amide bonds. The van der Waals surface area contributed by atoms with Crippen molar-refractivity contribution in [2.45, 2.75) is 71.1 Å². The number of unbranched alkanes of at least 4 members (excludes halogenated alkanes) is 2. The van der Waals surface area contributed by atoms with Gasteiger partial charge >= 0.3 is 6.09 Å². The van der Waals surface area contributed by atoms with Gasteiger partial charge in [0.25, 0.3) is 5.91 Å². The van der Waals surface area contributed by atoms with Gasteiger partial charge in [0, 0.05) is 18.2 Å². The van der Waals surface area contributed by atoms with Crippen molar-refractivity contribution < 1.29 is 29.0 Å². The van der Waals surface area contributed by atoms with E-state index in [2.05, 4.69) is 16.7 Å². The molecular formula is C24H34N4O6. The maximum absolute atomic E-state index is 13.4. The largest absolute Gasteiger partial charge is 0.508 e. The van der Waals surface area contributed by atoms with Gasteiger partial charge in [-0.25, -0.2) is 4.79 Å². The molecule has 186 valence electrons. The van der Waals surface area contributed by atoms with Crippen LogP contribution in [0, 0.1) is 12.5 Å². The normalized spacial score (nSPS) is 12.6. The van der Waals surface area contributed by atoms with Crippen LogP contribution in [0.1, 0.15) is 65.0 Å². The topological polar surface area (TPSA) is 151 Å². The molecule has 0 aromatic heterocycles. The molecule has 1 rings (SSSR count). The molecule has 5 N–H and O–H groups in total. The number of ether oxygens (including phenoxy) is 1. The van der Waals surface area contributed by atoms with Crippen LogP contribution < -0.4 is 16.4 Å². The molecule has 0 saturated heterocycles. The number of nitrogens with one attached hydrogen (secondary N) is 2. The molecule has 1 aromatic rings. The maximum atomic E-state index is 13.4. The van der Waals surface area contributed by atoms with Crippen molar-refractivity contribution in [1.82, 2.24) is 15.5 Å². The monoisotopic (exact) mass is 474 g/mol. The molecule has 10 nitrogen and oxygen atoms in total. The number of hydrogen-bond donors (Lipinski definition) is 4. The second-order valence-electron chi connectivity index (χ2n) is 8.67. The highest BCUT2D eigenvalue weighted by Crippen LogP contribution is 2.29. The lowest BCUT2D eigenvalue weighted by Gasteiger charge is -2.30. The minimum Gasteiger partial charge on any atom is -0.508 e. The Bertz CT molecular complexity index is 919. The Hall–Kier alpha value is -3.74. The third-order valence-corrected chi connectivity index (χ3v) is 4.59. The number of para-hydroxylation sites is 1. The first kappa shape index (κ1) is 28.3. The third kappa shape index (κ3) is 9.02. The summed E-state index contributed by atoms with van der Waals surface area (Å²) in [5.41, 5.74) is 4.48. The average Bonchev–Trinajstić information content (AvgIpc) is 2.73. The molecule has 2 unspecified atom stereocenters. The van der Waals surface area contributed by atoms with E-state index in [0.29, 0.717) is 13.0 Å². The summed E-state index contributed by atoms with van der Waals surface area (Å²) < 4.78 is 5.16. The summed E-state index contributed by atoms with van der Waals surface area (Å²) in [5, 5.41) is 15.4. The Morgan fingerprint density at radius 3 is 2.38 bits per heavy atom. The second-order valence-corrected chi connectivity index (χ2v) is 8.67. The molecular weight excluding hydrogens is 440 g/mol. The molecule has 0 saturated carbocycles. The van der Waals surface area contributed by atoms with Crippen molar-refractivity contribution in [2.24, 2.45) is 5.73 Å². The molecule has 1 aromatic carbocycles. The van der Waals surface area contributed by atoms with Crippen LogP contribution in [-0.2, 0) is 19.1 Å². The van der Waals surface area contributed by atoms with Gasteiger partial charge in [-0.15, -0.1) is 0 Å².